The summed E-state index contributed by atoms with van der Waals surface area (Å²) in [6.45, 7) is 0.939. The molecular formula is C21H26F3N5O. The van der Waals surface area contributed by atoms with Crippen LogP contribution in [0.5, 0.6) is 0 Å². The summed E-state index contributed by atoms with van der Waals surface area (Å²) in [5, 5.41) is 3.76. The monoisotopic (exact) mass is 421 g/mol. The van der Waals surface area contributed by atoms with Crippen LogP contribution in [0, 0.1) is 5.92 Å². The van der Waals surface area contributed by atoms with Crippen molar-refractivity contribution < 1.29 is 18.0 Å². The Morgan fingerprint density at radius 3 is 2.67 bits per heavy atom. The molecule has 9 heteroatoms. The third kappa shape index (κ3) is 3.14. The second-order valence-electron chi connectivity index (χ2n) is 9.01. The van der Waals surface area contributed by atoms with Gasteiger partial charge in [-0.05, 0) is 57.1 Å². The average molecular weight is 421 g/mol. The van der Waals surface area contributed by atoms with E-state index in [0.717, 1.165) is 42.4 Å². The Kier molecular flexibility index (Phi) is 4.50. The van der Waals surface area contributed by atoms with E-state index < -0.39 is 11.7 Å². The Labute approximate surface area is 172 Å². The Morgan fingerprint density at radius 1 is 1.27 bits per heavy atom. The van der Waals surface area contributed by atoms with Crippen molar-refractivity contribution in [2.45, 2.75) is 56.3 Å². The number of fused-ring (bicyclic) bond motifs is 3. The van der Waals surface area contributed by atoms with Crippen LogP contribution < -0.4 is 10.2 Å². The molecule has 2 aliphatic carbocycles. The first kappa shape index (κ1) is 19.7. The molecule has 0 unspecified atom stereocenters. The Morgan fingerprint density at radius 2 is 2.00 bits per heavy atom. The van der Waals surface area contributed by atoms with Gasteiger partial charge in [-0.25, -0.2) is 4.98 Å². The number of nitrogens with one attached hydrogen (secondary N) is 2. The highest BCUT2D eigenvalue weighted by molar-refractivity contribution is 6.08. The standard InChI is InChI=1S/C21H26F3N5O/c1-28-12-29(17-15-6-9-25-18(15)26-11-16(17)19(28)30)14-4-2-13(3-5-14)10-27-20(7-8-20)21(22,23)24/h6,9,11,13-14,27H,2-5,7-8,10,12H2,1H3,(H,25,26). The van der Waals surface area contributed by atoms with Gasteiger partial charge in [0.05, 0.1) is 17.9 Å². The van der Waals surface area contributed by atoms with Crippen molar-refractivity contribution in [3.8, 4) is 0 Å². The first-order chi connectivity index (χ1) is 14.3. The number of halogens is 3. The smallest absolute Gasteiger partial charge is 0.349 e. The quantitative estimate of drug-likeness (QED) is 0.791. The number of pyridine rings is 1. The van der Waals surface area contributed by atoms with Crippen LogP contribution in [-0.2, 0) is 0 Å². The highest BCUT2D eigenvalue weighted by Gasteiger charge is 2.63. The molecule has 0 bridgehead atoms. The number of amides is 1. The number of aromatic amines is 1. The molecule has 0 aromatic carbocycles. The molecule has 2 saturated carbocycles. The van der Waals surface area contributed by atoms with E-state index in [4.69, 9.17) is 0 Å². The van der Waals surface area contributed by atoms with Gasteiger partial charge in [0, 0.05) is 30.9 Å². The van der Waals surface area contributed by atoms with Gasteiger partial charge in [0.2, 0.25) is 0 Å². The van der Waals surface area contributed by atoms with E-state index in [2.05, 4.69) is 20.2 Å². The number of carbonyl (C=O) groups is 1. The second kappa shape index (κ2) is 6.87. The van der Waals surface area contributed by atoms with E-state index in [9.17, 15) is 18.0 Å². The predicted octanol–water partition coefficient (Wildman–Crippen LogP) is 3.66. The topological polar surface area (TPSA) is 64.3 Å². The molecule has 2 aromatic heterocycles. The van der Waals surface area contributed by atoms with E-state index in [1.54, 1.807) is 18.1 Å². The molecule has 1 amide bonds. The lowest BCUT2D eigenvalue weighted by Crippen LogP contribution is -2.51. The SMILES string of the molecule is CN1CN(C2CCC(CNC3(C(F)(F)F)CC3)CC2)c2c(cnc3[nH]ccc23)C1=O. The van der Waals surface area contributed by atoms with Crippen molar-refractivity contribution in [1.82, 2.24) is 20.2 Å². The first-order valence-electron chi connectivity index (χ1n) is 10.6. The summed E-state index contributed by atoms with van der Waals surface area (Å²) in [4.78, 5) is 24.2. The fourth-order valence-electron chi connectivity index (χ4n) is 5.01. The highest BCUT2D eigenvalue weighted by Crippen LogP contribution is 2.49. The van der Waals surface area contributed by atoms with Crippen LogP contribution >= 0.6 is 0 Å². The lowest BCUT2D eigenvalue weighted by molar-refractivity contribution is -0.166. The van der Waals surface area contributed by atoms with Gasteiger partial charge in [0.25, 0.3) is 5.91 Å². The van der Waals surface area contributed by atoms with Gasteiger partial charge in [-0.2, -0.15) is 13.2 Å². The highest BCUT2D eigenvalue weighted by atomic mass is 19.4. The Balaban J connectivity index is 1.29. The summed E-state index contributed by atoms with van der Waals surface area (Å²) in [7, 11) is 1.79. The lowest BCUT2D eigenvalue weighted by Gasteiger charge is -2.44. The number of alkyl halides is 3. The molecule has 2 N–H and O–H groups in total. The maximum atomic E-state index is 13.2. The summed E-state index contributed by atoms with van der Waals surface area (Å²) in [5.74, 6) is 0.228. The number of hydrogen-bond donors (Lipinski definition) is 2. The maximum Gasteiger partial charge on any atom is 0.406 e. The number of H-pyrrole nitrogens is 1. The Bertz CT molecular complexity index is 959. The third-order valence-electron chi connectivity index (χ3n) is 7.07. The minimum absolute atomic E-state index is 0.0309. The van der Waals surface area contributed by atoms with Crippen LogP contribution in [0.25, 0.3) is 11.0 Å². The van der Waals surface area contributed by atoms with Crippen molar-refractivity contribution in [1.29, 1.82) is 0 Å². The number of anilines is 1. The molecule has 1 aliphatic heterocycles. The number of aromatic nitrogens is 2. The van der Waals surface area contributed by atoms with E-state index in [0.29, 0.717) is 18.8 Å². The number of carbonyl (C=O) groups excluding carboxylic acids is 1. The molecule has 0 radical (unpaired) electrons. The first-order valence-corrected chi connectivity index (χ1v) is 10.6. The summed E-state index contributed by atoms with van der Waals surface area (Å²) >= 11 is 0. The molecule has 2 fully saturated rings. The van der Waals surface area contributed by atoms with Gasteiger partial charge in [0.15, 0.2) is 0 Å². The second-order valence-corrected chi connectivity index (χ2v) is 9.01. The van der Waals surface area contributed by atoms with Crippen LogP contribution in [0.4, 0.5) is 18.9 Å². The molecule has 0 saturated heterocycles. The average Bonchev–Trinajstić information content (AvgIpc) is 3.38. The van der Waals surface area contributed by atoms with Crippen molar-refractivity contribution in [3.63, 3.8) is 0 Å². The zero-order chi connectivity index (χ0) is 21.1. The van der Waals surface area contributed by atoms with E-state index in [1.165, 1.54) is 0 Å². The van der Waals surface area contributed by atoms with Crippen LogP contribution in [0.1, 0.15) is 48.9 Å². The zero-order valence-electron chi connectivity index (χ0n) is 16.9. The maximum absolute atomic E-state index is 13.2. The number of rotatable bonds is 4. The largest absolute Gasteiger partial charge is 0.406 e. The van der Waals surface area contributed by atoms with Gasteiger partial charge >= 0.3 is 6.18 Å². The van der Waals surface area contributed by atoms with Crippen LogP contribution in [0.2, 0.25) is 0 Å². The van der Waals surface area contributed by atoms with Crippen molar-refractivity contribution in [3.05, 3.63) is 24.0 Å². The molecule has 3 aliphatic rings. The van der Waals surface area contributed by atoms with Crippen molar-refractivity contribution >= 4 is 22.6 Å². The minimum atomic E-state index is -4.16. The predicted molar refractivity (Wildman–Crippen MR) is 107 cm³/mol. The fraction of sp³-hybridized carbons (Fsp3) is 0.619. The fourth-order valence-corrected chi connectivity index (χ4v) is 5.01. The minimum Gasteiger partial charge on any atom is -0.349 e. The summed E-state index contributed by atoms with van der Waals surface area (Å²) in [5.41, 5.74) is 0.669. The molecule has 0 atom stereocenters. The van der Waals surface area contributed by atoms with E-state index in [-0.39, 0.29) is 30.7 Å². The van der Waals surface area contributed by atoms with Gasteiger partial charge in [-0.3, -0.25) is 4.79 Å². The van der Waals surface area contributed by atoms with Crippen LogP contribution in [0.3, 0.4) is 0 Å². The van der Waals surface area contributed by atoms with Crippen LogP contribution in [-0.4, -0.2) is 58.8 Å². The molecular weight excluding hydrogens is 395 g/mol. The lowest BCUT2D eigenvalue weighted by atomic mass is 9.84. The molecule has 6 nitrogen and oxygen atoms in total. The van der Waals surface area contributed by atoms with E-state index >= 15 is 0 Å². The van der Waals surface area contributed by atoms with Gasteiger partial charge in [0.1, 0.15) is 11.2 Å². The molecule has 30 heavy (non-hydrogen) atoms. The number of hydrogen-bond acceptors (Lipinski definition) is 4. The normalized spacial score (nSPS) is 26.2. The van der Waals surface area contributed by atoms with Crippen molar-refractivity contribution in [2.24, 2.45) is 5.92 Å². The van der Waals surface area contributed by atoms with Crippen molar-refractivity contribution in [2.75, 3.05) is 25.2 Å². The molecule has 3 heterocycles. The molecule has 0 spiro atoms. The van der Waals surface area contributed by atoms with E-state index in [1.807, 2.05) is 12.3 Å². The third-order valence-corrected chi connectivity index (χ3v) is 7.07. The van der Waals surface area contributed by atoms with Gasteiger partial charge < -0.3 is 20.1 Å². The summed E-state index contributed by atoms with van der Waals surface area (Å²) in [6, 6.07) is 2.21. The summed E-state index contributed by atoms with van der Waals surface area (Å²) < 4.78 is 39.5. The van der Waals surface area contributed by atoms with Crippen LogP contribution in [0.15, 0.2) is 18.5 Å². The zero-order valence-corrected chi connectivity index (χ0v) is 16.9. The molecule has 2 aromatic rings. The molecule has 5 rings (SSSR count). The Hall–Kier alpha value is -2.29. The number of nitrogens with zero attached hydrogens (tertiary/aromatic N) is 3. The van der Waals surface area contributed by atoms with Gasteiger partial charge in [-0.15, -0.1) is 0 Å². The molecule has 162 valence electrons. The van der Waals surface area contributed by atoms with Gasteiger partial charge in [-0.1, -0.05) is 0 Å². The summed E-state index contributed by atoms with van der Waals surface area (Å²) in [6.07, 6.45) is 3.27.